The molecule has 1 amide bonds. The molecule has 3 rings (SSSR count). The zero-order chi connectivity index (χ0) is 18.5. The summed E-state index contributed by atoms with van der Waals surface area (Å²) in [6.45, 7) is 4.76. The van der Waals surface area contributed by atoms with Gasteiger partial charge in [-0.05, 0) is 43.0 Å². The molecule has 0 aliphatic carbocycles. The van der Waals surface area contributed by atoms with Crippen LogP contribution in [0.5, 0.6) is 0 Å². The first kappa shape index (κ1) is 18.9. The number of aromatic nitrogens is 3. The van der Waals surface area contributed by atoms with Crippen LogP contribution in [0.1, 0.15) is 25.5 Å². The Hall–Kier alpha value is -1.83. The van der Waals surface area contributed by atoms with Crippen molar-refractivity contribution in [1.29, 1.82) is 0 Å². The molecule has 3 aromatic rings. The van der Waals surface area contributed by atoms with E-state index >= 15 is 0 Å². The van der Waals surface area contributed by atoms with Crippen molar-refractivity contribution in [3.05, 3.63) is 52.4 Å². The van der Waals surface area contributed by atoms with Gasteiger partial charge in [0.2, 0.25) is 5.91 Å². The average Bonchev–Trinajstić information content (AvgIpc) is 3.29. The van der Waals surface area contributed by atoms with Gasteiger partial charge in [-0.2, -0.15) is 0 Å². The molecule has 26 heavy (non-hydrogen) atoms. The number of amides is 1. The highest BCUT2D eigenvalue weighted by atomic mass is 35.5. The molecule has 0 saturated carbocycles. The fourth-order valence-corrected chi connectivity index (χ4v) is 4.17. The predicted octanol–water partition coefficient (Wildman–Crippen LogP) is 4.65. The van der Waals surface area contributed by atoms with Gasteiger partial charge in [-0.1, -0.05) is 41.6 Å². The van der Waals surface area contributed by atoms with Crippen LogP contribution in [0.2, 0.25) is 5.02 Å². The minimum atomic E-state index is -0.0777. The van der Waals surface area contributed by atoms with E-state index in [-0.39, 0.29) is 11.9 Å². The van der Waals surface area contributed by atoms with Gasteiger partial charge in [0.25, 0.3) is 0 Å². The number of rotatable bonds is 7. The Morgan fingerprint density at radius 2 is 2.08 bits per heavy atom. The minimum absolute atomic E-state index is 0.0409. The molecular formula is C18H19ClN4OS2. The van der Waals surface area contributed by atoms with E-state index in [1.54, 1.807) is 11.3 Å². The molecule has 1 aromatic carbocycles. The minimum Gasteiger partial charge on any atom is -0.349 e. The fourth-order valence-electron chi connectivity index (χ4n) is 2.52. The Balaban J connectivity index is 1.60. The zero-order valence-corrected chi connectivity index (χ0v) is 16.9. The Bertz CT molecular complexity index is 862. The molecule has 1 N–H and O–H groups in total. The number of carbonyl (C=O) groups excluding carboxylic acids is 1. The molecule has 0 spiro atoms. The summed E-state index contributed by atoms with van der Waals surface area (Å²) in [4.78, 5) is 13.4. The van der Waals surface area contributed by atoms with Crippen molar-refractivity contribution in [2.45, 2.75) is 31.6 Å². The van der Waals surface area contributed by atoms with E-state index in [4.69, 9.17) is 11.6 Å². The van der Waals surface area contributed by atoms with E-state index in [2.05, 4.69) is 15.5 Å². The van der Waals surface area contributed by atoms with Gasteiger partial charge in [0, 0.05) is 11.6 Å². The van der Waals surface area contributed by atoms with Crippen molar-refractivity contribution in [2.75, 3.05) is 5.75 Å². The molecule has 0 saturated heterocycles. The summed E-state index contributed by atoms with van der Waals surface area (Å²) >= 11 is 8.93. The van der Waals surface area contributed by atoms with Crippen LogP contribution < -0.4 is 5.32 Å². The SMILES string of the molecule is CCn1c(SCC(=O)N[C@@H](C)c2ccc(Cl)cc2)nnc1-c1cccs1. The van der Waals surface area contributed by atoms with Crippen molar-refractivity contribution in [3.8, 4) is 10.7 Å². The zero-order valence-electron chi connectivity index (χ0n) is 14.5. The molecule has 8 heteroatoms. The molecule has 0 unspecified atom stereocenters. The van der Waals surface area contributed by atoms with Crippen molar-refractivity contribution in [3.63, 3.8) is 0 Å². The summed E-state index contributed by atoms with van der Waals surface area (Å²) in [5.74, 6) is 1.10. The molecule has 0 bridgehead atoms. The van der Waals surface area contributed by atoms with Gasteiger partial charge < -0.3 is 9.88 Å². The summed E-state index contributed by atoms with van der Waals surface area (Å²) in [6.07, 6.45) is 0. The number of nitrogens with one attached hydrogen (secondary N) is 1. The highest BCUT2D eigenvalue weighted by molar-refractivity contribution is 7.99. The lowest BCUT2D eigenvalue weighted by molar-refractivity contribution is -0.119. The second-order valence-corrected chi connectivity index (χ2v) is 7.98. The van der Waals surface area contributed by atoms with Crippen LogP contribution in [-0.2, 0) is 11.3 Å². The Morgan fingerprint density at radius 3 is 2.73 bits per heavy atom. The Labute approximate surface area is 165 Å². The predicted molar refractivity (Wildman–Crippen MR) is 108 cm³/mol. The summed E-state index contributed by atoms with van der Waals surface area (Å²) in [7, 11) is 0. The molecule has 2 heterocycles. The molecule has 0 fully saturated rings. The van der Waals surface area contributed by atoms with E-state index in [9.17, 15) is 4.79 Å². The monoisotopic (exact) mass is 406 g/mol. The highest BCUT2D eigenvalue weighted by Gasteiger charge is 2.16. The van der Waals surface area contributed by atoms with Crippen molar-refractivity contribution in [1.82, 2.24) is 20.1 Å². The van der Waals surface area contributed by atoms with Crippen molar-refractivity contribution < 1.29 is 4.79 Å². The maximum Gasteiger partial charge on any atom is 0.230 e. The summed E-state index contributed by atoms with van der Waals surface area (Å²) in [5.41, 5.74) is 1.02. The topological polar surface area (TPSA) is 59.8 Å². The number of halogens is 1. The molecule has 136 valence electrons. The lowest BCUT2D eigenvalue weighted by Crippen LogP contribution is -2.28. The van der Waals surface area contributed by atoms with Crippen molar-refractivity contribution >= 4 is 40.6 Å². The molecule has 0 aliphatic rings. The number of thioether (sulfide) groups is 1. The van der Waals surface area contributed by atoms with E-state index in [1.165, 1.54) is 11.8 Å². The Kier molecular flexibility index (Phi) is 6.34. The highest BCUT2D eigenvalue weighted by Crippen LogP contribution is 2.27. The first-order chi connectivity index (χ1) is 12.6. The number of hydrogen-bond acceptors (Lipinski definition) is 5. The van der Waals surface area contributed by atoms with E-state index < -0.39 is 0 Å². The first-order valence-electron chi connectivity index (χ1n) is 8.23. The van der Waals surface area contributed by atoms with E-state index in [0.29, 0.717) is 10.8 Å². The second kappa shape index (κ2) is 8.70. The summed E-state index contributed by atoms with van der Waals surface area (Å²) in [5, 5.41) is 15.0. The van der Waals surface area contributed by atoms with Gasteiger partial charge >= 0.3 is 0 Å². The largest absolute Gasteiger partial charge is 0.349 e. The van der Waals surface area contributed by atoms with Crippen LogP contribution in [0.4, 0.5) is 0 Å². The van der Waals surface area contributed by atoms with Crippen molar-refractivity contribution in [2.24, 2.45) is 0 Å². The quantitative estimate of drug-likeness (QED) is 0.580. The van der Waals surface area contributed by atoms with Gasteiger partial charge in [-0.25, -0.2) is 0 Å². The molecule has 5 nitrogen and oxygen atoms in total. The van der Waals surface area contributed by atoms with Crippen LogP contribution >= 0.6 is 34.7 Å². The van der Waals surface area contributed by atoms with E-state index in [1.807, 2.05) is 60.2 Å². The number of nitrogens with zero attached hydrogens (tertiary/aromatic N) is 3. The van der Waals surface area contributed by atoms with Crippen LogP contribution in [0, 0.1) is 0 Å². The average molecular weight is 407 g/mol. The fraction of sp³-hybridized carbons (Fsp3) is 0.278. The van der Waals surface area contributed by atoms with Gasteiger partial charge in [0.05, 0.1) is 16.7 Å². The van der Waals surface area contributed by atoms with Crippen LogP contribution in [-0.4, -0.2) is 26.4 Å². The maximum absolute atomic E-state index is 12.3. The molecule has 1 atom stereocenters. The lowest BCUT2D eigenvalue weighted by Gasteiger charge is -2.14. The van der Waals surface area contributed by atoms with Gasteiger partial charge in [0.15, 0.2) is 11.0 Å². The second-order valence-electron chi connectivity index (χ2n) is 5.66. The molecule has 0 radical (unpaired) electrons. The third kappa shape index (κ3) is 4.47. The summed E-state index contributed by atoms with van der Waals surface area (Å²) in [6, 6.07) is 11.4. The van der Waals surface area contributed by atoms with Crippen LogP contribution in [0.3, 0.4) is 0 Å². The third-order valence-corrected chi connectivity index (χ3v) is 5.94. The number of thiophene rings is 1. The smallest absolute Gasteiger partial charge is 0.230 e. The van der Waals surface area contributed by atoms with E-state index in [0.717, 1.165) is 28.0 Å². The number of carbonyl (C=O) groups is 1. The normalized spacial score (nSPS) is 12.1. The maximum atomic E-state index is 12.3. The van der Waals surface area contributed by atoms with Crippen LogP contribution in [0.15, 0.2) is 46.9 Å². The van der Waals surface area contributed by atoms with Gasteiger partial charge in [0.1, 0.15) is 0 Å². The van der Waals surface area contributed by atoms with Crippen LogP contribution in [0.25, 0.3) is 10.7 Å². The number of benzene rings is 1. The van der Waals surface area contributed by atoms with Gasteiger partial charge in [-0.15, -0.1) is 21.5 Å². The van der Waals surface area contributed by atoms with Gasteiger partial charge in [-0.3, -0.25) is 4.79 Å². The number of hydrogen-bond donors (Lipinski definition) is 1. The molecule has 2 aromatic heterocycles. The standard InChI is InChI=1S/C18H19ClN4OS2/c1-3-23-17(15-5-4-10-25-15)21-22-18(23)26-11-16(24)20-12(2)13-6-8-14(19)9-7-13/h4-10,12H,3,11H2,1-2H3,(H,20,24)/t12-/m0/s1. The third-order valence-electron chi connectivity index (χ3n) is 3.85. The first-order valence-corrected chi connectivity index (χ1v) is 10.5. The molecule has 0 aliphatic heterocycles. The lowest BCUT2D eigenvalue weighted by atomic mass is 10.1. The Morgan fingerprint density at radius 1 is 1.31 bits per heavy atom. The summed E-state index contributed by atoms with van der Waals surface area (Å²) < 4.78 is 2.03. The molecular weight excluding hydrogens is 388 g/mol.